The monoisotopic (exact) mass is 629 g/mol. The lowest BCUT2D eigenvalue weighted by atomic mass is 10.1. The molecule has 0 radical (unpaired) electrons. The smallest absolute Gasteiger partial charge is 0.119 e. The summed E-state index contributed by atoms with van der Waals surface area (Å²) in [5.41, 5.74) is 2.40. The molecular formula is C18H18Br4O3P+. The van der Waals surface area contributed by atoms with Gasteiger partial charge in [-0.3, -0.25) is 0 Å². The van der Waals surface area contributed by atoms with Crippen LogP contribution in [0.1, 0.15) is 24.0 Å². The van der Waals surface area contributed by atoms with Crippen LogP contribution >= 0.6 is 72.0 Å². The molecule has 0 unspecified atom stereocenters. The van der Waals surface area contributed by atoms with E-state index in [0.717, 1.165) is 43.6 Å². The van der Waals surface area contributed by atoms with Crippen molar-refractivity contribution in [3.63, 3.8) is 0 Å². The molecule has 0 spiro atoms. The average Bonchev–Trinajstić information content (AvgIpc) is 2.54. The number of aryl methyl sites for hydroxylation is 2. The van der Waals surface area contributed by atoms with Gasteiger partial charge in [0.1, 0.15) is 13.2 Å². The molecular weight excluding hydrogens is 615 g/mol. The summed E-state index contributed by atoms with van der Waals surface area (Å²) in [6, 6.07) is 12.3. The highest BCUT2D eigenvalue weighted by Crippen LogP contribution is 2.26. The Balaban J connectivity index is 1.59. The Morgan fingerprint density at radius 2 is 1.00 bits per heavy atom. The predicted octanol–water partition coefficient (Wildman–Crippen LogP) is 7.99. The van der Waals surface area contributed by atoms with E-state index in [2.05, 4.69) is 88.0 Å². The molecule has 0 fully saturated rings. The molecule has 0 aromatic heterocycles. The normalized spacial score (nSPS) is 10.9. The molecule has 2 rings (SSSR count). The number of hydrogen-bond acceptors (Lipinski definition) is 3. The maximum absolute atomic E-state index is 11.8. The highest BCUT2D eigenvalue weighted by Gasteiger charge is 2.19. The standard InChI is InChI=1S/C18H18Br4O3P/c19-15-7-13(8-16(20)11-15)3-1-5-24-26(23)25-6-2-4-14-9-17(21)12-18(22)10-14/h7-12H,1-6H2/q+1. The van der Waals surface area contributed by atoms with Crippen LogP contribution in [0, 0.1) is 0 Å². The van der Waals surface area contributed by atoms with Crippen molar-refractivity contribution < 1.29 is 13.6 Å². The lowest BCUT2D eigenvalue weighted by Gasteiger charge is -2.02. The van der Waals surface area contributed by atoms with Gasteiger partial charge < -0.3 is 0 Å². The zero-order valence-electron chi connectivity index (χ0n) is 13.9. The van der Waals surface area contributed by atoms with Gasteiger partial charge in [-0.2, -0.15) is 0 Å². The van der Waals surface area contributed by atoms with Crippen LogP contribution in [0.2, 0.25) is 0 Å². The van der Waals surface area contributed by atoms with E-state index in [1.165, 1.54) is 11.1 Å². The molecule has 0 saturated heterocycles. The summed E-state index contributed by atoms with van der Waals surface area (Å²) in [7, 11) is -2.05. The second-order valence-corrected chi connectivity index (χ2v) is 10.3. The topological polar surface area (TPSA) is 35.5 Å². The van der Waals surface area contributed by atoms with Crippen LogP contribution in [-0.4, -0.2) is 13.2 Å². The third kappa shape index (κ3) is 9.05. The third-order valence-corrected chi connectivity index (χ3v) is 6.08. The summed E-state index contributed by atoms with van der Waals surface area (Å²) in [6.07, 6.45) is 3.30. The van der Waals surface area contributed by atoms with Crippen LogP contribution in [0.25, 0.3) is 0 Å². The zero-order chi connectivity index (χ0) is 18.9. The van der Waals surface area contributed by atoms with Crippen molar-refractivity contribution in [2.24, 2.45) is 0 Å². The van der Waals surface area contributed by atoms with Crippen LogP contribution < -0.4 is 0 Å². The first-order valence-corrected chi connectivity index (χ1v) is 12.3. The maximum atomic E-state index is 11.8. The first-order chi connectivity index (χ1) is 12.4. The molecule has 2 aromatic carbocycles. The zero-order valence-corrected chi connectivity index (χ0v) is 21.1. The minimum absolute atomic E-state index is 0.415. The van der Waals surface area contributed by atoms with E-state index in [9.17, 15) is 4.57 Å². The minimum atomic E-state index is -2.05. The molecule has 0 aliphatic heterocycles. The second kappa shape index (κ2) is 12.1. The highest BCUT2D eigenvalue weighted by atomic mass is 79.9. The Morgan fingerprint density at radius 1 is 0.654 bits per heavy atom. The van der Waals surface area contributed by atoms with Crippen molar-refractivity contribution in [1.29, 1.82) is 0 Å². The summed E-state index contributed by atoms with van der Waals surface area (Å²) in [6.45, 7) is 0.829. The number of halogens is 4. The summed E-state index contributed by atoms with van der Waals surface area (Å²) >= 11 is 13.9. The van der Waals surface area contributed by atoms with Gasteiger partial charge in [-0.05, 0) is 73.2 Å². The van der Waals surface area contributed by atoms with E-state index >= 15 is 0 Å². The van der Waals surface area contributed by atoms with Crippen molar-refractivity contribution in [3.05, 3.63) is 65.4 Å². The fraction of sp³-hybridized carbons (Fsp3) is 0.333. The van der Waals surface area contributed by atoms with Crippen molar-refractivity contribution in [1.82, 2.24) is 0 Å². The molecule has 0 aliphatic rings. The van der Waals surface area contributed by atoms with Crippen molar-refractivity contribution in [2.75, 3.05) is 13.2 Å². The van der Waals surface area contributed by atoms with Gasteiger partial charge in [-0.1, -0.05) is 63.7 Å². The molecule has 0 bridgehead atoms. The third-order valence-electron chi connectivity index (χ3n) is 3.46. The van der Waals surface area contributed by atoms with Crippen molar-refractivity contribution in [3.8, 4) is 0 Å². The Hall–Kier alpha value is 0.380. The predicted molar refractivity (Wildman–Crippen MR) is 120 cm³/mol. The van der Waals surface area contributed by atoms with E-state index in [1.807, 2.05) is 12.1 Å². The first-order valence-electron chi connectivity index (χ1n) is 8.05. The second-order valence-electron chi connectivity index (χ2n) is 5.65. The lowest BCUT2D eigenvalue weighted by Crippen LogP contribution is -1.96. The molecule has 0 heterocycles. The van der Waals surface area contributed by atoms with Gasteiger partial charge in [0.25, 0.3) is 0 Å². The van der Waals surface area contributed by atoms with E-state index in [0.29, 0.717) is 13.2 Å². The Morgan fingerprint density at radius 3 is 1.35 bits per heavy atom. The van der Waals surface area contributed by atoms with Crippen LogP contribution in [0.3, 0.4) is 0 Å². The molecule has 26 heavy (non-hydrogen) atoms. The van der Waals surface area contributed by atoms with E-state index in [4.69, 9.17) is 9.05 Å². The Kier molecular flexibility index (Phi) is 10.5. The Labute approximate surface area is 188 Å². The van der Waals surface area contributed by atoms with Gasteiger partial charge in [0.15, 0.2) is 0 Å². The Bertz CT molecular complexity index is 653. The summed E-state index contributed by atoms with van der Waals surface area (Å²) in [4.78, 5) is 0. The number of benzene rings is 2. The molecule has 0 aliphatic carbocycles. The average molecular weight is 633 g/mol. The molecule has 2 aromatic rings. The first kappa shape index (κ1) is 22.7. The quantitative estimate of drug-likeness (QED) is 0.197. The largest absolute Gasteiger partial charge is 0.697 e. The molecule has 140 valence electrons. The van der Waals surface area contributed by atoms with Gasteiger partial charge in [0.2, 0.25) is 0 Å². The van der Waals surface area contributed by atoms with Crippen LogP contribution in [0.5, 0.6) is 0 Å². The van der Waals surface area contributed by atoms with Gasteiger partial charge >= 0.3 is 8.25 Å². The fourth-order valence-corrected chi connectivity index (χ4v) is 5.79. The van der Waals surface area contributed by atoms with Crippen LogP contribution in [-0.2, 0) is 26.5 Å². The molecule has 8 heteroatoms. The van der Waals surface area contributed by atoms with Crippen LogP contribution in [0.4, 0.5) is 0 Å². The fourth-order valence-electron chi connectivity index (χ4n) is 2.38. The highest BCUT2D eigenvalue weighted by molar-refractivity contribution is 9.11. The summed E-state index contributed by atoms with van der Waals surface area (Å²) in [5, 5.41) is 0. The van der Waals surface area contributed by atoms with E-state index in [-0.39, 0.29) is 0 Å². The van der Waals surface area contributed by atoms with Crippen LogP contribution in [0.15, 0.2) is 54.3 Å². The van der Waals surface area contributed by atoms with Gasteiger partial charge in [-0.15, -0.1) is 9.05 Å². The molecule has 0 saturated carbocycles. The van der Waals surface area contributed by atoms with Crippen molar-refractivity contribution >= 4 is 72.0 Å². The molecule has 0 atom stereocenters. The molecule has 0 amide bonds. The SMILES string of the molecule is O=[P+](OCCCc1cc(Br)cc(Br)c1)OCCCc1cc(Br)cc(Br)c1. The van der Waals surface area contributed by atoms with E-state index in [1.54, 1.807) is 0 Å². The molecule has 0 N–H and O–H groups in total. The van der Waals surface area contributed by atoms with Crippen molar-refractivity contribution in [2.45, 2.75) is 25.7 Å². The van der Waals surface area contributed by atoms with Gasteiger partial charge in [0, 0.05) is 22.5 Å². The number of hydrogen-bond donors (Lipinski definition) is 0. The molecule has 3 nitrogen and oxygen atoms in total. The van der Waals surface area contributed by atoms with Gasteiger partial charge in [0.05, 0.1) is 0 Å². The minimum Gasteiger partial charge on any atom is -0.119 e. The summed E-state index contributed by atoms with van der Waals surface area (Å²) < 4.78 is 26.4. The number of rotatable bonds is 10. The lowest BCUT2D eigenvalue weighted by molar-refractivity contribution is 0.222. The maximum Gasteiger partial charge on any atom is 0.697 e. The van der Waals surface area contributed by atoms with E-state index < -0.39 is 8.25 Å². The van der Waals surface area contributed by atoms with Gasteiger partial charge in [-0.25, -0.2) is 0 Å². The summed E-state index contributed by atoms with van der Waals surface area (Å²) in [5.74, 6) is 0.